The number of pyridine rings is 2. The van der Waals surface area contributed by atoms with Crippen molar-refractivity contribution in [3.63, 3.8) is 0 Å². The monoisotopic (exact) mass is 351 g/mol. The second-order valence-electron chi connectivity index (χ2n) is 6.32. The van der Waals surface area contributed by atoms with Gasteiger partial charge < -0.3 is 14.6 Å². The lowest BCUT2D eigenvalue weighted by Crippen LogP contribution is -2.49. The van der Waals surface area contributed by atoms with Gasteiger partial charge in [0.05, 0.1) is 6.20 Å². The van der Waals surface area contributed by atoms with E-state index >= 15 is 0 Å². The SMILES string of the molecule is O=C(c1cc2cnccc2[nH]1)N1CCN(CCOc2cccnc2)CC1. The Morgan fingerprint density at radius 3 is 2.73 bits per heavy atom. The number of carbonyl (C=O) groups is 1. The van der Waals surface area contributed by atoms with Crippen molar-refractivity contribution in [3.8, 4) is 5.75 Å². The number of aromatic nitrogens is 3. The van der Waals surface area contributed by atoms with Gasteiger partial charge >= 0.3 is 0 Å². The molecule has 1 N–H and O–H groups in total. The summed E-state index contributed by atoms with van der Waals surface area (Å²) in [5, 5.41) is 0.960. The Labute approximate surface area is 151 Å². The average Bonchev–Trinajstić information content (AvgIpc) is 3.13. The fourth-order valence-corrected chi connectivity index (χ4v) is 3.16. The third kappa shape index (κ3) is 3.67. The highest BCUT2D eigenvalue weighted by atomic mass is 16.5. The molecule has 0 aromatic carbocycles. The van der Waals surface area contributed by atoms with Gasteiger partial charge in [-0.05, 0) is 24.3 Å². The molecule has 1 aliphatic heterocycles. The predicted molar refractivity (Wildman–Crippen MR) is 98.2 cm³/mol. The van der Waals surface area contributed by atoms with Crippen molar-refractivity contribution in [2.24, 2.45) is 0 Å². The van der Waals surface area contributed by atoms with Crippen LogP contribution in [-0.4, -0.2) is 70.0 Å². The van der Waals surface area contributed by atoms with Crippen LogP contribution in [0.1, 0.15) is 10.5 Å². The molecule has 0 aliphatic carbocycles. The first-order valence-electron chi connectivity index (χ1n) is 8.77. The summed E-state index contributed by atoms with van der Waals surface area (Å²) in [6.45, 7) is 4.61. The van der Waals surface area contributed by atoms with Gasteiger partial charge in [0.25, 0.3) is 5.91 Å². The standard InChI is InChI=1S/C19H21N5O2/c25-19(18-12-15-13-21-5-3-17(15)22-18)24-8-6-23(7-9-24)10-11-26-16-2-1-4-20-14-16/h1-5,12-14,22H,6-11H2. The number of rotatable bonds is 5. The van der Waals surface area contributed by atoms with Crippen molar-refractivity contribution in [1.29, 1.82) is 0 Å². The Balaban J connectivity index is 1.27. The van der Waals surface area contributed by atoms with Crippen LogP contribution in [-0.2, 0) is 0 Å². The van der Waals surface area contributed by atoms with Crippen LogP contribution in [0, 0.1) is 0 Å². The highest BCUT2D eigenvalue weighted by Gasteiger charge is 2.23. The van der Waals surface area contributed by atoms with E-state index in [9.17, 15) is 4.79 Å². The number of ether oxygens (including phenoxy) is 1. The molecule has 0 spiro atoms. The molecule has 0 bridgehead atoms. The fraction of sp³-hybridized carbons (Fsp3) is 0.316. The molecule has 0 saturated carbocycles. The summed E-state index contributed by atoms with van der Waals surface area (Å²) in [5.41, 5.74) is 1.57. The average molecular weight is 351 g/mol. The molecule has 0 atom stereocenters. The van der Waals surface area contributed by atoms with E-state index < -0.39 is 0 Å². The summed E-state index contributed by atoms with van der Waals surface area (Å²) in [7, 11) is 0. The zero-order valence-corrected chi connectivity index (χ0v) is 14.5. The molecule has 0 unspecified atom stereocenters. The molecule has 4 rings (SSSR count). The van der Waals surface area contributed by atoms with Crippen LogP contribution < -0.4 is 4.74 Å². The van der Waals surface area contributed by atoms with Crippen LogP contribution in [0.2, 0.25) is 0 Å². The van der Waals surface area contributed by atoms with Crippen LogP contribution in [0.25, 0.3) is 10.9 Å². The number of hydrogen-bond acceptors (Lipinski definition) is 5. The molecule has 3 aromatic rings. The van der Waals surface area contributed by atoms with Crippen LogP contribution in [0.4, 0.5) is 0 Å². The lowest BCUT2D eigenvalue weighted by molar-refractivity contribution is 0.0615. The molecule has 134 valence electrons. The van der Waals surface area contributed by atoms with Crippen LogP contribution in [0.15, 0.2) is 49.1 Å². The number of aromatic amines is 1. The molecule has 1 amide bonds. The van der Waals surface area contributed by atoms with E-state index in [4.69, 9.17) is 4.74 Å². The van der Waals surface area contributed by atoms with E-state index in [1.807, 2.05) is 29.2 Å². The molecule has 1 saturated heterocycles. The minimum absolute atomic E-state index is 0.0486. The van der Waals surface area contributed by atoms with Gasteiger partial charge in [-0.1, -0.05) is 0 Å². The van der Waals surface area contributed by atoms with Crippen molar-refractivity contribution < 1.29 is 9.53 Å². The van der Waals surface area contributed by atoms with Gasteiger partial charge in [-0.25, -0.2) is 0 Å². The Morgan fingerprint density at radius 1 is 1.12 bits per heavy atom. The van der Waals surface area contributed by atoms with E-state index in [0.717, 1.165) is 49.4 Å². The molecule has 7 nitrogen and oxygen atoms in total. The lowest BCUT2D eigenvalue weighted by atomic mass is 10.2. The smallest absolute Gasteiger partial charge is 0.270 e. The second kappa shape index (κ2) is 7.53. The van der Waals surface area contributed by atoms with E-state index in [0.29, 0.717) is 12.3 Å². The van der Waals surface area contributed by atoms with Crippen molar-refractivity contribution in [2.75, 3.05) is 39.3 Å². The van der Waals surface area contributed by atoms with Crippen LogP contribution in [0.3, 0.4) is 0 Å². The normalized spacial score (nSPS) is 15.3. The third-order valence-electron chi connectivity index (χ3n) is 4.62. The molecule has 1 aliphatic rings. The Hall–Kier alpha value is -2.93. The molecule has 3 aromatic heterocycles. The zero-order valence-electron chi connectivity index (χ0n) is 14.5. The highest BCUT2D eigenvalue weighted by molar-refractivity contribution is 5.97. The van der Waals surface area contributed by atoms with E-state index in [1.54, 1.807) is 24.8 Å². The molecule has 26 heavy (non-hydrogen) atoms. The number of carbonyl (C=O) groups excluding carboxylic acids is 1. The Bertz CT molecular complexity index is 839. The van der Waals surface area contributed by atoms with Gasteiger partial charge in [0.15, 0.2) is 0 Å². The third-order valence-corrected chi connectivity index (χ3v) is 4.62. The molecule has 7 heteroatoms. The lowest BCUT2D eigenvalue weighted by Gasteiger charge is -2.34. The first kappa shape index (κ1) is 16.5. The van der Waals surface area contributed by atoms with Crippen LogP contribution >= 0.6 is 0 Å². The fourth-order valence-electron chi connectivity index (χ4n) is 3.16. The Kier molecular flexibility index (Phi) is 4.79. The Morgan fingerprint density at radius 2 is 1.96 bits per heavy atom. The number of nitrogens with one attached hydrogen (secondary N) is 1. The minimum Gasteiger partial charge on any atom is -0.491 e. The predicted octanol–water partition coefficient (Wildman–Crippen LogP) is 1.79. The molecule has 1 fully saturated rings. The quantitative estimate of drug-likeness (QED) is 0.759. The molecular formula is C19H21N5O2. The summed E-state index contributed by atoms with van der Waals surface area (Å²) in [6.07, 6.45) is 6.93. The second-order valence-corrected chi connectivity index (χ2v) is 6.32. The van der Waals surface area contributed by atoms with Gasteiger partial charge in [-0.2, -0.15) is 0 Å². The van der Waals surface area contributed by atoms with Gasteiger partial charge in [-0.3, -0.25) is 19.7 Å². The topological polar surface area (TPSA) is 74.4 Å². The maximum atomic E-state index is 12.7. The zero-order chi connectivity index (χ0) is 17.8. The number of amides is 1. The number of nitrogens with zero attached hydrogens (tertiary/aromatic N) is 4. The molecular weight excluding hydrogens is 330 g/mol. The van der Waals surface area contributed by atoms with Gasteiger partial charge in [0.2, 0.25) is 0 Å². The number of hydrogen-bond donors (Lipinski definition) is 1. The number of fused-ring (bicyclic) bond motifs is 1. The van der Waals surface area contributed by atoms with Crippen molar-refractivity contribution in [1.82, 2.24) is 24.8 Å². The van der Waals surface area contributed by atoms with E-state index in [-0.39, 0.29) is 5.91 Å². The highest BCUT2D eigenvalue weighted by Crippen LogP contribution is 2.16. The van der Waals surface area contributed by atoms with Gasteiger partial charge in [0.1, 0.15) is 18.1 Å². The van der Waals surface area contributed by atoms with Gasteiger partial charge in [-0.15, -0.1) is 0 Å². The largest absolute Gasteiger partial charge is 0.491 e. The van der Waals surface area contributed by atoms with Crippen molar-refractivity contribution >= 4 is 16.8 Å². The first-order valence-corrected chi connectivity index (χ1v) is 8.77. The van der Waals surface area contributed by atoms with Crippen molar-refractivity contribution in [3.05, 3.63) is 54.7 Å². The summed E-state index contributed by atoms with van der Waals surface area (Å²) < 4.78 is 5.69. The van der Waals surface area contributed by atoms with E-state index in [2.05, 4.69) is 19.9 Å². The summed E-state index contributed by atoms with van der Waals surface area (Å²) in [6, 6.07) is 7.52. The minimum atomic E-state index is 0.0486. The summed E-state index contributed by atoms with van der Waals surface area (Å²) in [4.78, 5) is 28.2. The maximum Gasteiger partial charge on any atom is 0.270 e. The number of H-pyrrole nitrogens is 1. The number of piperazine rings is 1. The summed E-state index contributed by atoms with van der Waals surface area (Å²) >= 11 is 0. The van der Waals surface area contributed by atoms with Crippen molar-refractivity contribution in [2.45, 2.75) is 0 Å². The van der Waals surface area contributed by atoms with Gasteiger partial charge in [0, 0.05) is 62.2 Å². The maximum absolute atomic E-state index is 12.7. The first-order chi connectivity index (χ1) is 12.8. The summed E-state index contributed by atoms with van der Waals surface area (Å²) in [5.74, 6) is 0.835. The van der Waals surface area contributed by atoms with E-state index in [1.165, 1.54) is 0 Å². The molecule has 0 radical (unpaired) electrons. The van der Waals surface area contributed by atoms with Crippen LogP contribution in [0.5, 0.6) is 5.75 Å². The molecule has 4 heterocycles.